The van der Waals surface area contributed by atoms with Gasteiger partial charge in [0.25, 0.3) is 5.56 Å². The minimum absolute atomic E-state index is 0.0682. The second-order valence-corrected chi connectivity index (χ2v) is 12.1. The second kappa shape index (κ2) is 10.1. The maximum absolute atomic E-state index is 13.2. The summed E-state index contributed by atoms with van der Waals surface area (Å²) in [5, 5.41) is 1.45. The molecular weight excluding hydrogens is 512 g/mol. The van der Waals surface area contributed by atoms with E-state index in [1.807, 2.05) is 19.9 Å². The van der Waals surface area contributed by atoms with Gasteiger partial charge >= 0.3 is 0 Å². The van der Waals surface area contributed by atoms with Crippen LogP contribution in [0.5, 0.6) is 0 Å². The minimum Gasteiger partial charge on any atom is -0.377 e. The largest absolute Gasteiger partial charge is 0.377 e. The monoisotopic (exact) mass is 544 g/mol. The molecule has 0 radical (unpaired) electrons. The van der Waals surface area contributed by atoms with Crippen molar-refractivity contribution < 1.29 is 9.47 Å². The van der Waals surface area contributed by atoms with Crippen LogP contribution in [0.25, 0.3) is 10.9 Å². The number of benzene rings is 1. The highest BCUT2D eigenvalue weighted by Gasteiger charge is 2.47. The Morgan fingerprint density at radius 2 is 2.00 bits per heavy atom. The molecule has 2 N–H and O–H groups in total. The van der Waals surface area contributed by atoms with E-state index < -0.39 is 5.60 Å². The molecule has 2 fully saturated rings. The summed E-state index contributed by atoms with van der Waals surface area (Å²) >= 11 is 8.10. The highest BCUT2D eigenvalue weighted by Crippen LogP contribution is 2.42. The first-order chi connectivity index (χ1) is 17.6. The molecule has 9 nitrogen and oxygen atoms in total. The van der Waals surface area contributed by atoms with Crippen LogP contribution in [0.3, 0.4) is 0 Å². The van der Waals surface area contributed by atoms with Gasteiger partial charge in [0.1, 0.15) is 10.8 Å². The van der Waals surface area contributed by atoms with Gasteiger partial charge in [0, 0.05) is 36.6 Å². The predicted molar refractivity (Wildman–Crippen MR) is 146 cm³/mol. The van der Waals surface area contributed by atoms with Gasteiger partial charge in [-0.25, -0.2) is 15.0 Å². The summed E-state index contributed by atoms with van der Waals surface area (Å²) in [7, 11) is 1.62. The lowest BCUT2D eigenvalue weighted by Crippen LogP contribution is -2.50. The number of rotatable bonds is 6. The van der Waals surface area contributed by atoms with Crippen molar-refractivity contribution in [1.82, 2.24) is 19.5 Å². The SMILES string of the molecule is COC(C)(C)Cn1cnc2ccc(Sc3cnc(N4CCC5(CC4)CO[C@@H](C)[C@H]5N)cn3)c(Cl)c2c1=O. The molecule has 2 saturated heterocycles. The van der Waals surface area contributed by atoms with Crippen LogP contribution in [-0.2, 0) is 16.0 Å². The summed E-state index contributed by atoms with van der Waals surface area (Å²) in [5.74, 6) is 0.845. The number of nitrogens with two attached hydrogens (primary N) is 1. The lowest BCUT2D eigenvalue weighted by atomic mass is 9.73. The normalized spacial score (nSPS) is 21.7. The highest BCUT2D eigenvalue weighted by molar-refractivity contribution is 7.99. The third-order valence-electron chi connectivity index (χ3n) is 7.76. The quantitative estimate of drug-likeness (QED) is 0.496. The van der Waals surface area contributed by atoms with E-state index in [0.717, 1.165) is 43.3 Å². The van der Waals surface area contributed by atoms with E-state index in [0.29, 0.717) is 27.5 Å². The van der Waals surface area contributed by atoms with Crippen LogP contribution in [0.1, 0.15) is 33.6 Å². The van der Waals surface area contributed by atoms with Gasteiger partial charge in [-0.3, -0.25) is 9.36 Å². The predicted octanol–water partition coefficient (Wildman–Crippen LogP) is 3.75. The maximum atomic E-state index is 13.2. The molecule has 0 bridgehead atoms. The van der Waals surface area contributed by atoms with Gasteiger partial charge in [0.2, 0.25) is 0 Å². The molecule has 0 amide bonds. The fourth-order valence-electron chi connectivity index (χ4n) is 5.14. The first-order valence-electron chi connectivity index (χ1n) is 12.5. The number of nitrogens with zero attached hydrogens (tertiary/aromatic N) is 5. The Balaban J connectivity index is 1.31. The van der Waals surface area contributed by atoms with Gasteiger partial charge < -0.3 is 20.1 Å². The number of hydrogen-bond donors (Lipinski definition) is 1. The number of aromatic nitrogens is 4. The summed E-state index contributed by atoms with van der Waals surface area (Å²) in [6.45, 7) is 8.74. The minimum atomic E-state index is -0.514. The van der Waals surface area contributed by atoms with E-state index >= 15 is 0 Å². The van der Waals surface area contributed by atoms with Crippen molar-refractivity contribution in [2.24, 2.45) is 11.1 Å². The molecule has 2 aliphatic rings. The molecule has 2 aliphatic heterocycles. The number of piperidine rings is 1. The Bertz CT molecular complexity index is 1340. The van der Waals surface area contributed by atoms with Crippen molar-refractivity contribution in [3.63, 3.8) is 0 Å². The third kappa shape index (κ3) is 5.09. The van der Waals surface area contributed by atoms with Crippen molar-refractivity contribution in [3.05, 3.63) is 46.2 Å². The van der Waals surface area contributed by atoms with Gasteiger partial charge in [-0.1, -0.05) is 23.4 Å². The fourth-order valence-corrected chi connectivity index (χ4v) is 6.26. The molecule has 2 aromatic heterocycles. The zero-order valence-electron chi connectivity index (χ0n) is 21.6. The van der Waals surface area contributed by atoms with Crippen molar-refractivity contribution >= 4 is 40.1 Å². The lowest BCUT2D eigenvalue weighted by Gasteiger charge is -2.41. The molecule has 3 aromatic rings. The summed E-state index contributed by atoms with van der Waals surface area (Å²) in [6.07, 6.45) is 7.16. The Labute approximate surface area is 225 Å². The molecule has 0 aliphatic carbocycles. The Morgan fingerprint density at radius 3 is 2.62 bits per heavy atom. The highest BCUT2D eigenvalue weighted by atomic mass is 35.5. The molecule has 0 unspecified atom stereocenters. The first kappa shape index (κ1) is 26.4. The summed E-state index contributed by atoms with van der Waals surface area (Å²) in [6, 6.07) is 3.75. The molecule has 2 atom stereocenters. The number of halogens is 1. The zero-order chi connectivity index (χ0) is 26.4. The van der Waals surface area contributed by atoms with E-state index in [1.165, 1.54) is 22.7 Å². The first-order valence-corrected chi connectivity index (χ1v) is 13.7. The molecule has 4 heterocycles. The van der Waals surface area contributed by atoms with Gasteiger partial charge in [-0.2, -0.15) is 0 Å². The zero-order valence-corrected chi connectivity index (χ0v) is 23.2. The van der Waals surface area contributed by atoms with Crippen LogP contribution in [0.15, 0.2) is 45.6 Å². The van der Waals surface area contributed by atoms with E-state index in [2.05, 4.69) is 26.8 Å². The van der Waals surface area contributed by atoms with E-state index in [4.69, 9.17) is 26.8 Å². The van der Waals surface area contributed by atoms with Gasteiger partial charge in [-0.05, 0) is 45.7 Å². The van der Waals surface area contributed by atoms with Crippen LogP contribution < -0.4 is 16.2 Å². The van der Waals surface area contributed by atoms with E-state index in [1.54, 1.807) is 25.6 Å². The van der Waals surface area contributed by atoms with Crippen LogP contribution in [0.2, 0.25) is 5.02 Å². The van der Waals surface area contributed by atoms with Crippen molar-refractivity contribution in [2.45, 2.75) is 67.8 Å². The average molecular weight is 545 g/mol. The molecular formula is C26H33ClN6O3S. The molecule has 11 heteroatoms. The Hall–Kier alpha value is -2.24. The van der Waals surface area contributed by atoms with Gasteiger partial charge in [0.15, 0.2) is 0 Å². The summed E-state index contributed by atoms with van der Waals surface area (Å²) in [4.78, 5) is 29.9. The fraction of sp³-hybridized carbons (Fsp3) is 0.538. The molecule has 37 heavy (non-hydrogen) atoms. The van der Waals surface area contributed by atoms with Crippen LogP contribution >= 0.6 is 23.4 Å². The van der Waals surface area contributed by atoms with Crippen molar-refractivity contribution in [3.8, 4) is 0 Å². The summed E-state index contributed by atoms with van der Waals surface area (Å²) < 4.78 is 12.8. The topological polar surface area (TPSA) is 108 Å². The molecule has 1 spiro atoms. The van der Waals surface area contributed by atoms with E-state index in [-0.39, 0.29) is 23.1 Å². The summed E-state index contributed by atoms with van der Waals surface area (Å²) in [5.41, 5.74) is 6.35. The maximum Gasteiger partial charge on any atom is 0.262 e. The molecule has 1 aromatic carbocycles. The number of anilines is 1. The van der Waals surface area contributed by atoms with E-state index in [9.17, 15) is 4.79 Å². The lowest BCUT2D eigenvalue weighted by molar-refractivity contribution is 0.00728. The number of fused-ring (bicyclic) bond motifs is 1. The molecule has 198 valence electrons. The van der Waals surface area contributed by atoms with Crippen LogP contribution in [-0.4, -0.2) is 64.1 Å². The van der Waals surface area contributed by atoms with Gasteiger partial charge in [-0.15, -0.1) is 0 Å². The van der Waals surface area contributed by atoms with Crippen molar-refractivity contribution in [2.75, 3.05) is 31.7 Å². The molecule has 0 saturated carbocycles. The number of hydrogen-bond acceptors (Lipinski definition) is 9. The Kier molecular flexibility index (Phi) is 7.23. The average Bonchev–Trinajstić information content (AvgIpc) is 3.16. The van der Waals surface area contributed by atoms with Crippen LogP contribution in [0.4, 0.5) is 5.82 Å². The second-order valence-electron chi connectivity index (χ2n) is 10.6. The smallest absolute Gasteiger partial charge is 0.262 e. The van der Waals surface area contributed by atoms with Crippen LogP contribution in [0, 0.1) is 5.41 Å². The third-order valence-corrected chi connectivity index (χ3v) is 9.24. The number of methoxy groups -OCH3 is 1. The van der Waals surface area contributed by atoms with Gasteiger partial charge in [0.05, 0.1) is 59.5 Å². The Morgan fingerprint density at radius 1 is 1.24 bits per heavy atom. The number of ether oxygens (including phenoxy) is 2. The standard InChI is InChI=1S/C26H33ClN6O3S/c1-16-23(28)26(14-36-16)7-9-32(10-8-26)19-11-30-20(12-29-19)37-18-6-5-17-21(22(18)27)24(34)33(15-31-17)13-25(2,3)35-4/h5-6,11-12,15-16,23H,7-10,13-14,28H2,1-4H3/t16-,23+/m0/s1. The molecule has 5 rings (SSSR count). The van der Waals surface area contributed by atoms with Crippen molar-refractivity contribution in [1.29, 1.82) is 0 Å².